The Morgan fingerprint density at radius 3 is 2.39 bits per heavy atom. The fraction of sp³-hybridized carbons (Fsp3) is 0.524. The second kappa shape index (κ2) is 8.54. The van der Waals surface area contributed by atoms with Crippen molar-refractivity contribution in [2.75, 3.05) is 42.5 Å². The van der Waals surface area contributed by atoms with E-state index in [0.29, 0.717) is 11.7 Å². The van der Waals surface area contributed by atoms with Crippen LogP contribution in [0.5, 0.6) is 0 Å². The Morgan fingerprint density at radius 1 is 0.964 bits per heavy atom. The van der Waals surface area contributed by atoms with Crippen LogP contribution in [0, 0.1) is 0 Å². The van der Waals surface area contributed by atoms with Crippen molar-refractivity contribution in [1.29, 1.82) is 0 Å². The Hall–Kier alpha value is -2.70. The molecule has 0 saturated carbocycles. The molecule has 2 aliphatic heterocycles. The summed E-state index contributed by atoms with van der Waals surface area (Å²) in [5, 5.41) is 8.63. The van der Waals surface area contributed by atoms with Crippen LogP contribution in [0.3, 0.4) is 0 Å². The highest BCUT2D eigenvalue weighted by Gasteiger charge is 2.27. The minimum Gasteiger partial charge on any atom is -0.353 e. The molecule has 0 bridgehead atoms. The monoisotopic (exact) mass is 380 g/mol. The number of anilines is 2. The van der Waals surface area contributed by atoms with Gasteiger partial charge in [0.25, 0.3) is 5.91 Å². The van der Waals surface area contributed by atoms with E-state index in [1.807, 2.05) is 41.4 Å². The van der Waals surface area contributed by atoms with E-state index in [2.05, 4.69) is 31.9 Å². The van der Waals surface area contributed by atoms with Crippen LogP contribution in [0.25, 0.3) is 0 Å². The molecule has 2 fully saturated rings. The van der Waals surface area contributed by atoms with Gasteiger partial charge in [0.1, 0.15) is 5.82 Å². The van der Waals surface area contributed by atoms with Crippen LogP contribution in [-0.2, 0) is 0 Å². The maximum atomic E-state index is 12.9. The molecule has 2 aromatic heterocycles. The van der Waals surface area contributed by atoms with E-state index in [4.69, 9.17) is 0 Å². The summed E-state index contributed by atoms with van der Waals surface area (Å²) in [6.45, 7) is 6.49. The molecule has 1 atom stereocenters. The van der Waals surface area contributed by atoms with E-state index in [1.165, 1.54) is 6.42 Å². The second-order valence-electron chi connectivity index (χ2n) is 7.50. The van der Waals surface area contributed by atoms with Crippen LogP contribution in [-0.4, -0.2) is 64.8 Å². The first kappa shape index (κ1) is 18.7. The van der Waals surface area contributed by atoms with Gasteiger partial charge in [-0.05, 0) is 49.9 Å². The molecule has 1 unspecified atom stereocenters. The van der Waals surface area contributed by atoms with Gasteiger partial charge in [-0.15, -0.1) is 10.2 Å². The van der Waals surface area contributed by atoms with Crippen LogP contribution in [0.4, 0.5) is 11.6 Å². The molecule has 2 aromatic rings. The van der Waals surface area contributed by atoms with Crippen molar-refractivity contribution >= 4 is 17.5 Å². The molecule has 1 amide bonds. The number of pyridine rings is 1. The van der Waals surface area contributed by atoms with E-state index in [0.717, 1.165) is 63.6 Å². The van der Waals surface area contributed by atoms with Crippen molar-refractivity contribution < 1.29 is 4.79 Å². The summed E-state index contributed by atoms with van der Waals surface area (Å²) in [6, 6.07) is 10.1. The number of nitrogens with zero attached hydrogens (tertiary/aromatic N) is 6. The van der Waals surface area contributed by atoms with Crippen molar-refractivity contribution in [1.82, 2.24) is 20.1 Å². The molecule has 4 rings (SSSR count). The Bertz CT molecular complexity index is 773. The number of piperazine rings is 1. The predicted octanol–water partition coefficient (Wildman–Crippen LogP) is 2.60. The zero-order chi connectivity index (χ0) is 19.3. The van der Waals surface area contributed by atoms with Gasteiger partial charge >= 0.3 is 0 Å². The van der Waals surface area contributed by atoms with E-state index < -0.39 is 0 Å². The van der Waals surface area contributed by atoms with Gasteiger partial charge in [-0.1, -0.05) is 13.0 Å². The average molecular weight is 380 g/mol. The van der Waals surface area contributed by atoms with E-state index >= 15 is 0 Å². The molecular formula is C21H28N6O. The lowest BCUT2D eigenvalue weighted by Gasteiger charge is -2.36. The fourth-order valence-corrected chi connectivity index (χ4v) is 4.15. The quantitative estimate of drug-likeness (QED) is 0.812. The Labute approximate surface area is 166 Å². The minimum absolute atomic E-state index is 0.0190. The fourth-order valence-electron chi connectivity index (χ4n) is 4.15. The first-order chi connectivity index (χ1) is 13.8. The van der Waals surface area contributed by atoms with Gasteiger partial charge in [0.2, 0.25) is 0 Å². The number of carbonyl (C=O) groups excluding carboxylic acids is 1. The maximum Gasteiger partial charge on any atom is 0.274 e. The summed E-state index contributed by atoms with van der Waals surface area (Å²) in [6.07, 6.45) is 6.20. The van der Waals surface area contributed by atoms with Crippen LogP contribution < -0.4 is 9.80 Å². The maximum absolute atomic E-state index is 12.9. The lowest BCUT2D eigenvalue weighted by Crippen LogP contribution is -2.47. The normalized spacial score (nSPS) is 20.3. The topological polar surface area (TPSA) is 65.5 Å². The highest BCUT2D eigenvalue weighted by molar-refractivity contribution is 5.92. The third kappa shape index (κ3) is 3.93. The molecule has 148 valence electrons. The highest BCUT2D eigenvalue weighted by Crippen LogP contribution is 2.22. The summed E-state index contributed by atoms with van der Waals surface area (Å²) >= 11 is 0. The van der Waals surface area contributed by atoms with Gasteiger partial charge in [0.05, 0.1) is 0 Å². The number of amides is 1. The van der Waals surface area contributed by atoms with Crippen molar-refractivity contribution in [3.05, 3.63) is 42.2 Å². The lowest BCUT2D eigenvalue weighted by atomic mass is 9.99. The summed E-state index contributed by atoms with van der Waals surface area (Å²) < 4.78 is 0. The molecule has 7 heteroatoms. The van der Waals surface area contributed by atoms with Crippen LogP contribution in [0.15, 0.2) is 36.5 Å². The van der Waals surface area contributed by atoms with E-state index in [1.54, 1.807) is 0 Å². The van der Waals surface area contributed by atoms with E-state index in [-0.39, 0.29) is 5.91 Å². The molecule has 2 aliphatic rings. The molecule has 28 heavy (non-hydrogen) atoms. The first-order valence-electron chi connectivity index (χ1n) is 10.3. The highest BCUT2D eigenvalue weighted by atomic mass is 16.2. The Morgan fingerprint density at radius 2 is 1.75 bits per heavy atom. The van der Waals surface area contributed by atoms with E-state index in [9.17, 15) is 4.79 Å². The summed E-state index contributed by atoms with van der Waals surface area (Å²) in [5.41, 5.74) is 0.455. The predicted molar refractivity (Wildman–Crippen MR) is 110 cm³/mol. The first-order valence-corrected chi connectivity index (χ1v) is 10.3. The molecule has 2 saturated heterocycles. The van der Waals surface area contributed by atoms with Gasteiger partial charge in [-0.25, -0.2) is 4.98 Å². The number of hydrogen-bond donors (Lipinski definition) is 0. The molecule has 0 radical (unpaired) electrons. The zero-order valence-corrected chi connectivity index (χ0v) is 16.5. The SMILES string of the molecule is CCC1CCCCN1C(=O)c1ccc(N2CCN(c3ccccn3)CC2)nn1. The lowest BCUT2D eigenvalue weighted by molar-refractivity contribution is 0.0600. The van der Waals surface area contributed by atoms with Gasteiger partial charge in [-0.2, -0.15) is 0 Å². The molecule has 0 N–H and O–H groups in total. The Kier molecular flexibility index (Phi) is 5.69. The largest absolute Gasteiger partial charge is 0.353 e. The number of rotatable bonds is 4. The molecule has 0 aromatic carbocycles. The minimum atomic E-state index is 0.0190. The van der Waals surface area contributed by atoms with Crippen molar-refractivity contribution in [2.24, 2.45) is 0 Å². The molecule has 0 spiro atoms. The number of aromatic nitrogens is 3. The molecular weight excluding hydrogens is 352 g/mol. The van der Waals surface area contributed by atoms with Gasteiger partial charge < -0.3 is 14.7 Å². The smallest absolute Gasteiger partial charge is 0.274 e. The molecule has 0 aliphatic carbocycles. The van der Waals surface area contributed by atoms with Crippen LogP contribution in [0.1, 0.15) is 43.1 Å². The van der Waals surface area contributed by atoms with Crippen molar-refractivity contribution in [2.45, 2.75) is 38.6 Å². The van der Waals surface area contributed by atoms with Crippen LogP contribution >= 0.6 is 0 Å². The third-order valence-corrected chi connectivity index (χ3v) is 5.81. The summed E-state index contributed by atoms with van der Waals surface area (Å²) in [7, 11) is 0. The van der Waals surface area contributed by atoms with Gasteiger partial charge in [-0.3, -0.25) is 4.79 Å². The molecule has 4 heterocycles. The van der Waals surface area contributed by atoms with Crippen LogP contribution in [0.2, 0.25) is 0 Å². The van der Waals surface area contributed by atoms with Crippen molar-refractivity contribution in [3.63, 3.8) is 0 Å². The summed E-state index contributed by atoms with van der Waals surface area (Å²) in [4.78, 5) is 23.8. The zero-order valence-electron chi connectivity index (χ0n) is 16.5. The number of likely N-dealkylation sites (tertiary alicyclic amines) is 1. The van der Waals surface area contributed by atoms with Crippen molar-refractivity contribution in [3.8, 4) is 0 Å². The average Bonchev–Trinajstić information content (AvgIpc) is 2.79. The number of piperidine rings is 1. The second-order valence-corrected chi connectivity index (χ2v) is 7.50. The number of carbonyl (C=O) groups is 1. The summed E-state index contributed by atoms with van der Waals surface area (Å²) in [5.74, 6) is 1.87. The van der Waals surface area contributed by atoms with Gasteiger partial charge in [0.15, 0.2) is 11.5 Å². The Balaban J connectivity index is 1.38. The molecule has 7 nitrogen and oxygen atoms in total. The third-order valence-electron chi connectivity index (χ3n) is 5.81. The van der Waals surface area contributed by atoms with Gasteiger partial charge in [0, 0.05) is 45.0 Å². The standard InChI is InChI=1S/C21H28N6O/c1-2-17-7-4-6-12-27(17)21(28)18-9-10-20(24-23-18)26-15-13-25(14-16-26)19-8-3-5-11-22-19/h3,5,8-11,17H,2,4,6-7,12-16H2,1H3. The number of hydrogen-bond acceptors (Lipinski definition) is 6.